The molecule has 2 heteroatoms. The normalized spacial score (nSPS) is 24.1. The first kappa shape index (κ1) is 11.6. The third kappa shape index (κ3) is 3.69. The Morgan fingerprint density at radius 3 is 3.07 bits per heavy atom. The van der Waals surface area contributed by atoms with Crippen LogP contribution < -0.4 is 5.32 Å². The van der Waals surface area contributed by atoms with Gasteiger partial charge in [0.1, 0.15) is 0 Å². The van der Waals surface area contributed by atoms with Crippen LogP contribution in [-0.2, 0) is 4.74 Å². The summed E-state index contributed by atoms with van der Waals surface area (Å²) < 4.78 is 5.48. The molecule has 1 heterocycles. The van der Waals surface area contributed by atoms with Crippen LogP contribution in [0.5, 0.6) is 0 Å². The Balaban J connectivity index is 2.35. The summed E-state index contributed by atoms with van der Waals surface area (Å²) in [5.41, 5.74) is 0. The van der Waals surface area contributed by atoms with E-state index in [0.717, 1.165) is 32.6 Å². The van der Waals surface area contributed by atoms with Gasteiger partial charge in [-0.25, -0.2) is 0 Å². The number of ether oxygens (including phenoxy) is 1. The van der Waals surface area contributed by atoms with Gasteiger partial charge in [0.15, 0.2) is 0 Å². The van der Waals surface area contributed by atoms with Crippen molar-refractivity contribution in [3.8, 4) is 12.3 Å². The van der Waals surface area contributed by atoms with Gasteiger partial charge < -0.3 is 10.1 Å². The lowest BCUT2D eigenvalue weighted by Crippen LogP contribution is -2.40. The molecule has 0 saturated carbocycles. The summed E-state index contributed by atoms with van der Waals surface area (Å²) in [6.45, 7) is 5.04. The predicted octanol–water partition coefficient (Wildman–Crippen LogP) is 1.80. The first-order valence-corrected chi connectivity index (χ1v) is 5.63. The van der Waals surface area contributed by atoms with Gasteiger partial charge in [0.25, 0.3) is 0 Å². The van der Waals surface area contributed by atoms with Crippen molar-refractivity contribution in [1.29, 1.82) is 0 Å². The Hall–Kier alpha value is -0.520. The van der Waals surface area contributed by atoms with Gasteiger partial charge in [-0.05, 0) is 31.7 Å². The molecule has 1 N–H and O–H groups in total. The van der Waals surface area contributed by atoms with Crippen molar-refractivity contribution in [3.63, 3.8) is 0 Å². The Morgan fingerprint density at radius 1 is 1.64 bits per heavy atom. The van der Waals surface area contributed by atoms with Crippen LogP contribution in [0.1, 0.15) is 32.6 Å². The maximum Gasteiger partial charge on any atom is 0.0509 e. The lowest BCUT2D eigenvalue weighted by Gasteiger charge is -2.29. The highest BCUT2D eigenvalue weighted by molar-refractivity contribution is 4.93. The Bertz CT molecular complexity index is 179. The third-order valence-corrected chi connectivity index (χ3v) is 2.76. The van der Waals surface area contributed by atoms with Crippen LogP contribution in [0.25, 0.3) is 0 Å². The van der Waals surface area contributed by atoms with Crippen LogP contribution in [0.15, 0.2) is 0 Å². The Labute approximate surface area is 87.4 Å². The SMILES string of the molecule is C#CCC(NCCC)C1CCCOC1. The molecule has 0 radical (unpaired) electrons. The molecule has 2 nitrogen and oxygen atoms in total. The summed E-state index contributed by atoms with van der Waals surface area (Å²) in [5, 5.41) is 3.52. The largest absolute Gasteiger partial charge is 0.381 e. The molecule has 0 aromatic rings. The summed E-state index contributed by atoms with van der Waals surface area (Å²) in [7, 11) is 0. The second-order valence-electron chi connectivity index (χ2n) is 3.95. The summed E-state index contributed by atoms with van der Waals surface area (Å²) in [6, 6.07) is 0.459. The summed E-state index contributed by atoms with van der Waals surface area (Å²) in [4.78, 5) is 0. The summed E-state index contributed by atoms with van der Waals surface area (Å²) in [6.07, 6.45) is 9.80. The average molecular weight is 195 g/mol. The molecule has 0 aromatic carbocycles. The zero-order valence-electron chi connectivity index (χ0n) is 9.09. The molecule has 1 aliphatic heterocycles. The lowest BCUT2D eigenvalue weighted by molar-refractivity contribution is 0.0400. The zero-order chi connectivity index (χ0) is 10.2. The predicted molar refractivity (Wildman–Crippen MR) is 59.1 cm³/mol. The van der Waals surface area contributed by atoms with Crippen molar-refractivity contribution in [3.05, 3.63) is 0 Å². The van der Waals surface area contributed by atoms with E-state index in [9.17, 15) is 0 Å². The van der Waals surface area contributed by atoms with E-state index in [0.29, 0.717) is 12.0 Å². The molecular formula is C12H21NO. The van der Waals surface area contributed by atoms with Gasteiger partial charge in [0, 0.05) is 19.1 Å². The van der Waals surface area contributed by atoms with Crippen molar-refractivity contribution >= 4 is 0 Å². The van der Waals surface area contributed by atoms with Gasteiger partial charge in [-0.15, -0.1) is 12.3 Å². The van der Waals surface area contributed by atoms with E-state index in [2.05, 4.69) is 18.2 Å². The second-order valence-corrected chi connectivity index (χ2v) is 3.95. The fraction of sp³-hybridized carbons (Fsp3) is 0.833. The fourth-order valence-electron chi connectivity index (χ4n) is 1.95. The standard InChI is InChI=1S/C12H21NO/c1-3-6-12(13-8-4-2)11-7-5-9-14-10-11/h1,11-13H,4-10H2,2H3. The summed E-state index contributed by atoms with van der Waals surface area (Å²) >= 11 is 0. The zero-order valence-corrected chi connectivity index (χ0v) is 9.09. The van der Waals surface area contributed by atoms with E-state index in [1.807, 2.05) is 0 Å². The molecule has 1 aliphatic rings. The van der Waals surface area contributed by atoms with Gasteiger partial charge in [-0.3, -0.25) is 0 Å². The van der Waals surface area contributed by atoms with Crippen molar-refractivity contribution < 1.29 is 4.74 Å². The molecule has 1 fully saturated rings. The topological polar surface area (TPSA) is 21.3 Å². The first-order valence-electron chi connectivity index (χ1n) is 5.63. The number of hydrogen-bond donors (Lipinski definition) is 1. The molecule has 1 saturated heterocycles. The van der Waals surface area contributed by atoms with Gasteiger partial charge in [0.05, 0.1) is 6.61 Å². The van der Waals surface area contributed by atoms with E-state index < -0.39 is 0 Å². The quantitative estimate of drug-likeness (QED) is 0.675. The molecule has 2 unspecified atom stereocenters. The van der Waals surface area contributed by atoms with Crippen molar-refractivity contribution in [2.75, 3.05) is 19.8 Å². The van der Waals surface area contributed by atoms with Gasteiger partial charge >= 0.3 is 0 Å². The van der Waals surface area contributed by atoms with E-state index in [1.165, 1.54) is 12.8 Å². The smallest absolute Gasteiger partial charge is 0.0509 e. The van der Waals surface area contributed by atoms with Gasteiger partial charge in [0.2, 0.25) is 0 Å². The molecular weight excluding hydrogens is 174 g/mol. The van der Waals surface area contributed by atoms with E-state index in [1.54, 1.807) is 0 Å². The number of hydrogen-bond acceptors (Lipinski definition) is 2. The number of rotatable bonds is 5. The van der Waals surface area contributed by atoms with Crippen LogP contribution in [-0.4, -0.2) is 25.8 Å². The van der Waals surface area contributed by atoms with Crippen molar-refractivity contribution in [1.82, 2.24) is 5.32 Å². The van der Waals surface area contributed by atoms with Crippen molar-refractivity contribution in [2.24, 2.45) is 5.92 Å². The van der Waals surface area contributed by atoms with Gasteiger partial charge in [-0.2, -0.15) is 0 Å². The first-order chi connectivity index (χ1) is 6.88. The number of terminal acetylenes is 1. The monoisotopic (exact) mass is 195 g/mol. The maximum absolute atomic E-state index is 5.48. The lowest BCUT2D eigenvalue weighted by atomic mass is 9.91. The molecule has 14 heavy (non-hydrogen) atoms. The molecule has 0 spiro atoms. The molecule has 2 atom stereocenters. The molecule has 0 amide bonds. The maximum atomic E-state index is 5.48. The minimum absolute atomic E-state index is 0.459. The van der Waals surface area contributed by atoms with E-state index in [-0.39, 0.29) is 0 Å². The fourth-order valence-corrected chi connectivity index (χ4v) is 1.95. The van der Waals surface area contributed by atoms with Crippen LogP contribution in [0.3, 0.4) is 0 Å². The molecule has 0 bridgehead atoms. The third-order valence-electron chi connectivity index (χ3n) is 2.76. The Morgan fingerprint density at radius 2 is 2.50 bits per heavy atom. The van der Waals surface area contributed by atoms with Crippen LogP contribution in [0, 0.1) is 18.3 Å². The molecule has 1 rings (SSSR count). The second kappa shape index (κ2) is 6.86. The minimum Gasteiger partial charge on any atom is -0.381 e. The van der Waals surface area contributed by atoms with Gasteiger partial charge in [-0.1, -0.05) is 6.92 Å². The average Bonchev–Trinajstić information content (AvgIpc) is 2.25. The molecule has 0 aromatic heterocycles. The minimum atomic E-state index is 0.459. The molecule has 80 valence electrons. The van der Waals surface area contributed by atoms with E-state index in [4.69, 9.17) is 11.2 Å². The Kier molecular flexibility index (Phi) is 5.66. The van der Waals surface area contributed by atoms with Crippen LogP contribution >= 0.6 is 0 Å². The highest BCUT2D eigenvalue weighted by Crippen LogP contribution is 2.19. The van der Waals surface area contributed by atoms with Crippen molar-refractivity contribution in [2.45, 2.75) is 38.6 Å². The highest BCUT2D eigenvalue weighted by Gasteiger charge is 2.22. The number of nitrogens with one attached hydrogen (secondary N) is 1. The molecule has 0 aliphatic carbocycles. The highest BCUT2D eigenvalue weighted by atomic mass is 16.5. The van der Waals surface area contributed by atoms with Crippen LogP contribution in [0.4, 0.5) is 0 Å². The summed E-state index contributed by atoms with van der Waals surface area (Å²) in [5.74, 6) is 3.37. The van der Waals surface area contributed by atoms with Crippen LogP contribution in [0.2, 0.25) is 0 Å². The van der Waals surface area contributed by atoms with E-state index >= 15 is 0 Å².